The molecule has 3 aromatic carbocycles. The minimum atomic E-state index is -1.34. The Labute approximate surface area is 235 Å². The number of aromatic carboxylic acids is 1. The molecule has 0 aliphatic carbocycles. The number of aromatic nitrogens is 3. The van der Waals surface area contributed by atoms with Crippen LogP contribution in [0.2, 0.25) is 0 Å². The van der Waals surface area contributed by atoms with E-state index in [1.54, 1.807) is 10.6 Å². The summed E-state index contributed by atoms with van der Waals surface area (Å²) < 4.78 is 83.5. The lowest BCUT2D eigenvalue weighted by molar-refractivity contribution is 0.0697. The van der Waals surface area contributed by atoms with E-state index in [0.717, 1.165) is 12.1 Å². The van der Waals surface area contributed by atoms with Crippen LogP contribution in [0.5, 0.6) is 5.88 Å². The van der Waals surface area contributed by atoms with Gasteiger partial charge in [-0.25, -0.2) is 36.7 Å². The van der Waals surface area contributed by atoms with Crippen molar-refractivity contribution in [3.05, 3.63) is 112 Å². The van der Waals surface area contributed by atoms with E-state index in [1.807, 2.05) is 0 Å². The number of carboxylic acid groups (broad SMARTS) is 1. The summed E-state index contributed by atoms with van der Waals surface area (Å²) in [7, 11) is 1.50. The maximum absolute atomic E-state index is 15.3. The number of halogens is 5. The predicted octanol–water partition coefficient (Wildman–Crippen LogP) is 6.31. The summed E-state index contributed by atoms with van der Waals surface area (Å²) in [5, 5.41) is 9.37. The Kier molecular flexibility index (Phi) is 8.16. The molecule has 0 fully saturated rings. The largest absolute Gasteiger partial charge is 0.478 e. The molecule has 12 heteroatoms. The van der Waals surface area contributed by atoms with Gasteiger partial charge in [0.05, 0.1) is 28.9 Å². The first-order chi connectivity index (χ1) is 20.1. The molecule has 0 aliphatic rings. The summed E-state index contributed by atoms with van der Waals surface area (Å²) in [4.78, 5) is 20.1. The van der Waals surface area contributed by atoms with Crippen molar-refractivity contribution in [2.45, 2.75) is 19.6 Å². The average molecular weight is 584 g/mol. The number of pyridine rings is 1. The molecular weight excluding hydrogens is 561 g/mol. The fourth-order valence-electron chi connectivity index (χ4n) is 4.43. The molecule has 0 amide bonds. The maximum atomic E-state index is 15.3. The van der Waals surface area contributed by atoms with Gasteiger partial charge in [0, 0.05) is 43.3 Å². The van der Waals surface area contributed by atoms with E-state index in [1.165, 1.54) is 37.4 Å². The molecule has 42 heavy (non-hydrogen) atoms. The molecule has 0 atom stereocenters. The Bertz CT molecular complexity index is 1810. The number of carbonyl (C=O) groups is 1. The van der Waals surface area contributed by atoms with E-state index < -0.39 is 41.7 Å². The van der Waals surface area contributed by atoms with E-state index in [-0.39, 0.29) is 46.9 Å². The number of imidazole rings is 1. The van der Waals surface area contributed by atoms with Gasteiger partial charge >= 0.3 is 5.97 Å². The summed E-state index contributed by atoms with van der Waals surface area (Å²) in [6, 6.07) is 11.8. The van der Waals surface area contributed by atoms with Crippen molar-refractivity contribution in [3.8, 4) is 17.1 Å². The zero-order valence-electron chi connectivity index (χ0n) is 22.0. The predicted molar refractivity (Wildman–Crippen MR) is 142 cm³/mol. The highest BCUT2D eigenvalue weighted by Gasteiger charge is 2.19. The zero-order chi connectivity index (χ0) is 30.0. The van der Waals surface area contributed by atoms with E-state index in [4.69, 9.17) is 9.47 Å². The molecule has 5 rings (SSSR count). The molecule has 7 nitrogen and oxygen atoms in total. The zero-order valence-corrected chi connectivity index (χ0v) is 22.0. The Morgan fingerprint density at radius 3 is 2.36 bits per heavy atom. The maximum Gasteiger partial charge on any atom is 0.335 e. The van der Waals surface area contributed by atoms with Crippen LogP contribution in [0.4, 0.5) is 22.0 Å². The molecule has 0 bridgehead atoms. The first-order valence-electron chi connectivity index (χ1n) is 12.6. The Hall–Kier alpha value is -4.84. The fraction of sp³-hybridized carbons (Fsp3) is 0.167. The molecule has 0 radical (unpaired) electrons. The lowest BCUT2D eigenvalue weighted by Gasteiger charge is -2.12. The van der Waals surface area contributed by atoms with Crippen molar-refractivity contribution < 1.29 is 41.3 Å². The van der Waals surface area contributed by atoms with E-state index in [9.17, 15) is 23.1 Å². The van der Waals surface area contributed by atoms with Crippen LogP contribution in [-0.4, -0.2) is 39.3 Å². The van der Waals surface area contributed by atoms with Crippen LogP contribution >= 0.6 is 0 Å². The van der Waals surface area contributed by atoms with Crippen LogP contribution in [0.1, 0.15) is 27.3 Å². The number of carboxylic acids is 1. The summed E-state index contributed by atoms with van der Waals surface area (Å²) in [6.45, 7) is 0.102. The molecule has 216 valence electrons. The second-order valence-electron chi connectivity index (χ2n) is 9.29. The minimum Gasteiger partial charge on any atom is -0.478 e. The van der Waals surface area contributed by atoms with Crippen LogP contribution in [0.3, 0.4) is 0 Å². The number of nitrogens with zero attached hydrogens (tertiary/aromatic N) is 3. The van der Waals surface area contributed by atoms with Gasteiger partial charge in [0.25, 0.3) is 0 Å². The third-order valence-electron chi connectivity index (χ3n) is 6.54. The molecule has 0 aliphatic heterocycles. The third kappa shape index (κ3) is 5.93. The first kappa shape index (κ1) is 28.7. The van der Waals surface area contributed by atoms with Gasteiger partial charge in [-0.1, -0.05) is 6.07 Å². The van der Waals surface area contributed by atoms with Gasteiger partial charge in [-0.05, 0) is 48.0 Å². The van der Waals surface area contributed by atoms with Gasteiger partial charge in [0.15, 0.2) is 11.6 Å². The summed E-state index contributed by atoms with van der Waals surface area (Å²) in [5.74, 6) is -5.91. The Balaban J connectivity index is 1.41. The van der Waals surface area contributed by atoms with E-state index >= 15 is 8.78 Å². The Morgan fingerprint density at radius 1 is 0.857 bits per heavy atom. The topological polar surface area (TPSA) is 86.5 Å². The second-order valence-corrected chi connectivity index (χ2v) is 9.29. The lowest BCUT2D eigenvalue weighted by atomic mass is 10.0. The van der Waals surface area contributed by atoms with Crippen molar-refractivity contribution in [2.24, 2.45) is 0 Å². The van der Waals surface area contributed by atoms with Gasteiger partial charge in [-0.2, -0.15) is 0 Å². The van der Waals surface area contributed by atoms with Crippen LogP contribution in [0.15, 0.2) is 60.7 Å². The molecule has 0 saturated carbocycles. The molecule has 0 unspecified atom stereocenters. The summed E-state index contributed by atoms with van der Waals surface area (Å²) >= 11 is 0. The monoisotopic (exact) mass is 583 g/mol. The smallest absolute Gasteiger partial charge is 0.335 e. The summed E-state index contributed by atoms with van der Waals surface area (Å²) in [6.07, 6.45) is -0.0970. The minimum absolute atomic E-state index is 0.00453. The van der Waals surface area contributed by atoms with Gasteiger partial charge in [-0.3, -0.25) is 0 Å². The third-order valence-corrected chi connectivity index (χ3v) is 6.54. The van der Waals surface area contributed by atoms with Crippen molar-refractivity contribution in [2.75, 3.05) is 13.7 Å². The highest BCUT2D eigenvalue weighted by Crippen LogP contribution is 2.28. The molecule has 1 N–H and O–H groups in total. The van der Waals surface area contributed by atoms with E-state index in [2.05, 4.69) is 9.97 Å². The van der Waals surface area contributed by atoms with Crippen LogP contribution in [0.25, 0.3) is 22.3 Å². The molecule has 2 heterocycles. The average Bonchev–Trinajstić information content (AvgIpc) is 3.30. The highest BCUT2D eigenvalue weighted by atomic mass is 19.2. The first-order valence-corrected chi connectivity index (χ1v) is 12.6. The van der Waals surface area contributed by atoms with Crippen LogP contribution < -0.4 is 4.74 Å². The number of fused-ring (bicyclic) bond motifs is 1. The van der Waals surface area contributed by atoms with Crippen molar-refractivity contribution >= 4 is 17.0 Å². The Morgan fingerprint density at radius 2 is 1.60 bits per heavy atom. The number of benzene rings is 3. The number of methoxy groups -OCH3 is 1. The SMILES string of the molecule is COCCn1c(Cc2cc(F)c(-c3cccc(OCc4cc(F)c(F)cc4F)n3)cc2F)nc2ccc(C(=O)O)cc21. The fourth-order valence-corrected chi connectivity index (χ4v) is 4.43. The normalized spacial score (nSPS) is 11.3. The van der Waals surface area contributed by atoms with Gasteiger partial charge in [-0.15, -0.1) is 0 Å². The van der Waals surface area contributed by atoms with E-state index in [0.29, 0.717) is 35.5 Å². The molecule has 0 spiro atoms. The molecular formula is C30H22F5N3O4. The van der Waals surface area contributed by atoms with Crippen LogP contribution in [-0.2, 0) is 24.3 Å². The molecule has 0 saturated heterocycles. The van der Waals surface area contributed by atoms with Crippen LogP contribution in [0, 0.1) is 29.1 Å². The summed E-state index contributed by atoms with van der Waals surface area (Å²) in [5.41, 5.74) is 0.678. The van der Waals surface area contributed by atoms with Gasteiger partial charge in [0.2, 0.25) is 5.88 Å². The number of rotatable bonds is 10. The molecule has 5 aromatic rings. The highest BCUT2D eigenvalue weighted by molar-refractivity contribution is 5.92. The lowest BCUT2D eigenvalue weighted by Crippen LogP contribution is -2.10. The van der Waals surface area contributed by atoms with Gasteiger partial charge < -0.3 is 19.1 Å². The van der Waals surface area contributed by atoms with Crippen molar-refractivity contribution in [3.63, 3.8) is 0 Å². The van der Waals surface area contributed by atoms with Crippen molar-refractivity contribution in [1.82, 2.24) is 14.5 Å². The number of ether oxygens (including phenoxy) is 2. The van der Waals surface area contributed by atoms with Crippen molar-refractivity contribution in [1.29, 1.82) is 0 Å². The quantitative estimate of drug-likeness (QED) is 0.153. The number of hydrogen-bond acceptors (Lipinski definition) is 5. The van der Waals surface area contributed by atoms with Gasteiger partial charge in [0.1, 0.15) is 29.9 Å². The molecule has 2 aromatic heterocycles. The standard InChI is InChI=1S/C30H22F5N3O4/c1-41-8-7-38-27-11-16(30(39)40)5-6-26(27)36-28(38)12-17-9-22(33)19(13-20(17)31)25-3-2-4-29(37-25)42-15-18-10-23(34)24(35)14-21(18)32/h2-6,9-11,13-14H,7-8,12,15H2,1H3,(H,39,40). The second kappa shape index (κ2) is 12.0. The number of hydrogen-bond donors (Lipinski definition) is 1.